The Kier molecular flexibility index (Phi) is 6.71. The van der Waals surface area contributed by atoms with Crippen molar-refractivity contribution in [3.05, 3.63) is 65.7 Å². The minimum absolute atomic E-state index is 0.106. The van der Waals surface area contributed by atoms with Crippen molar-refractivity contribution in [2.45, 2.75) is 70.1 Å². The number of methoxy groups -OCH3 is 1. The third-order valence-corrected chi connectivity index (χ3v) is 8.53. The molecule has 1 saturated carbocycles. The molecule has 0 unspecified atom stereocenters. The predicted octanol–water partition coefficient (Wildman–Crippen LogP) is 6.41. The fourth-order valence-electron chi connectivity index (χ4n) is 6.30. The second kappa shape index (κ2) is 10.2. The van der Waals surface area contributed by atoms with Crippen LogP contribution < -0.4 is 4.90 Å². The number of hydrogen-bond acceptors (Lipinski definition) is 4. The summed E-state index contributed by atoms with van der Waals surface area (Å²) in [6.07, 6.45) is 7.64. The third kappa shape index (κ3) is 4.52. The number of hydrogen-bond donors (Lipinski definition) is 0. The number of amides is 1. The lowest BCUT2D eigenvalue weighted by atomic mass is 9.91. The molecule has 0 N–H and O–H groups in total. The Hall–Kier alpha value is -3.59. The van der Waals surface area contributed by atoms with E-state index in [0.29, 0.717) is 24.9 Å². The molecule has 2 fully saturated rings. The van der Waals surface area contributed by atoms with E-state index >= 15 is 0 Å². The molecule has 204 valence electrons. The molecular weight excluding hydrogens is 500 g/mol. The van der Waals surface area contributed by atoms with Crippen LogP contribution >= 0.6 is 0 Å². The number of carbonyl (C=O) groups is 1. The number of nitrogens with zero attached hydrogens (tertiary/aromatic N) is 5. The Morgan fingerprint density at radius 2 is 1.79 bits per heavy atom. The van der Waals surface area contributed by atoms with Crippen LogP contribution in [0.15, 0.2) is 42.6 Å². The molecule has 4 aromatic rings. The normalized spacial score (nSPS) is 22.1. The van der Waals surface area contributed by atoms with Crippen molar-refractivity contribution in [3.63, 3.8) is 0 Å². The summed E-state index contributed by atoms with van der Waals surface area (Å²) in [4.78, 5) is 20.1. The molecule has 2 aliphatic rings. The van der Waals surface area contributed by atoms with Gasteiger partial charge in [0, 0.05) is 49.6 Å². The topological polar surface area (TPSA) is 65.2 Å². The second-order valence-corrected chi connectivity index (χ2v) is 10.7. The van der Waals surface area contributed by atoms with Gasteiger partial charge in [-0.2, -0.15) is 5.10 Å². The van der Waals surface area contributed by atoms with Crippen molar-refractivity contribution in [2.24, 2.45) is 7.05 Å². The van der Waals surface area contributed by atoms with Gasteiger partial charge >= 0.3 is 0 Å². The number of halogens is 2. The largest absolute Gasteiger partial charge is 0.381 e. The highest BCUT2D eigenvalue weighted by Crippen LogP contribution is 2.41. The molecule has 9 heteroatoms. The second-order valence-electron chi connectivity index (χ2n) is 10.7. The highest BCUT2D eigenvalue weighted by Gasteiger charge is 2.36. The lowest BCUT2D eigenvalue weighted by Gasteiger charge is -2.37. The van der Waals surface area contributed by atoms with E-state index in [1.807, 2.05) is 24.9 Å². The maximum Gasteiger partial charge on any atom is 0.227 e. The third-order valence-electron chi connectivity index (χ3n) is 8.53. The monoisotopic (exact) mass is 533 g/mol. The molecule has 1 atom stereocenters. The number of rotatable bonds is 5. The van der Waals surface area contributed by atoms with Gasteiger partial charge in [-0.05, 0) is 75.3 Å². The van der Waals surface area contributed by atoms with E-state index in [1.54, 1.807) is 12.0 Å². The molecule has 1 amide bonds. The minimum Gasteiger partial charge on any atom is -0.381 e. The van der Waals surface area contributed by atoms with Crippen LogP contribution in [0.25, 0.3) is 22.2 Å². The van der Waals surface area contributed by atoms with Gasteiger partial charge in [-0.3, -0.25) is 9.48 Å². The molecule has 1 aliphatic heterocycles. The van der Waals surface area contributed by atoms with Crippen molar-refractivity contribution in [2.75, 3.05) is 12.0 Å². The van der Waals surface area contributed by atoms with Crippen molar-refractivity contribution in [1.82, 2.24) is 19.3 Å². The SMILES string of the molecule is COC1CCC(n2c([C@@H]3CCCC(=O)N3c3ccc(F)c(F)c3)nc3cc(-c4cnn(C)c4C)ccc32)CC1. The van der Waals surface area contributed by atoms with E-state index < -0.39 is 11.6 Å². The molecule has 6 rings (SSSR count). The highest BCUT2D eigenvalue weighted by molar-refractivity contribution is 5.95. The number of aryl methyl sites for hydroxylation is 1. The summed E-state index contributed by atoms with van der Waals surface area (Å²) in [7, 11) is 3.69. The molecule has 1 aliphatic carbocycles. The zero-order chi connectivity index (χ0) is 27.3. The van der Waals surface area contributed by atoms with Gasteiger partial charge in [-0.1, -0.05) is 6.07 Å². The van der Waals surface area contributed by atoms with E-state index in [1.165, 1.54) is 6.07 Å². The van der Waals surface area contributed by atoms with Gasteiger partial charge in [-0.15, -0.1) is 0 Å². The number of benzene rings is 2. The fraction of sp³-hybridized carbons (Fsp3) is 0.433. The van der Waals surface area contributed by atoms with Crippen molar-refractivity contribution in [3.8, 4) is 11.1 Å². The van der Waals surface area contributed by atoms with E-state index in [-0.39, 0.29) is 24.1 Å². The van der Waals surface area contributed by atoms with Gasteiger partial charge in [0.2, 0.25) is 5.91 Å². The standard InChI is InChI=1S/C30H33F2N5O2/c1-18-23(17-33-35(18)2)19-7-14-27-26(15-19)34-30(37(27)20-8-11-22(39-3)12-9-20)28-5-4-6-29(38)36(28)21-10-13-24(31)25(32)16-21/h7,10,13-17,20,22,28H,4-6,8-9,11-12H2,1-3H3/t20?,22?,28-/m0/s1. The maximum atomic E-state index is 14.3. The Morgan fingerprint density at radius 3 is 2.49 bits per heavy atom. The summed E-state index contributed by atoms with van der Waals surface area (Å²) in [6, 6.07) is 9.81. The number of piperidine rings is 1. The van der Waals surface area contributed by atoms with E-state index in [0.717, 1.165) is 71.5 Å². The first-order valence-electron chi connectivity index (χ1n) is 13.7. The number of aromatic nitrogens is 4. The van der Waals surface area contributed by atoms with Gasteiger partial charge in [0.05, 0.1) is 29.4 Å². The first-order chi connectivity index (χ1) is 18.9. The number of imidazole rings is 1. The molecular formula is C30H33F2N5O2. The van der Waals surface area contributed by atoms with E-state index in [2.05, 4.69) is 27.9 Å². The van der Waals surface area contributed by atoms with Crippen molar-refractivity contribution >= 4 is 22.6 Å². The molecule has 0 spiro atoms. The quantitative estimate of drug-likeness (QED) is 0.297. The molecule has 1 saturated heterocycles. The molecule has 2 aromatic carbocycles. The maximum absolute atomic E-state index is 14.3. The molecule has 39 heavy (non-hydrogen) atoms. The zero-order valence-corrected chi connectivity index (χ0v) is 22.5. The summed E-state index contributed by atoms with van der Waals surface area (Å²) in [5.74, 6) is -1.21. The van der Waals surface area contributed by atoms with Crippen LogP contribution in [0.2, 0.25) is 0 Å². The Bertz CT molecular complexity index is 1540. The zero-order valence-electron chi connectivity index (χ0n) is 22.5. The molecule has 2 aromatic heterocycles. The summed E-state index contributed by atoms with van der Waals surface area (Å²) < 4.78 is 37.9. The van der Waals surface area contributed by atoms with Gasteiger partial charge in [0.15, 0.2) is 11.6 Å². The van der Waals surface area contributed by atoms with Gasteiger partial charge in [0.25, 0.3) is 0 Å². The Balaban J connectivity index is 1.49. The molecule has 7 nitrogen and oxygen atoms in total. The summed E-state index contributed by atoms with van der Waals surface area (Å²) in [6.45, 7) is 2.04. The molecule has 0 bridgehead atoms. The van der Waals surface area contributed by atoms with Crippen LogP contribution in [0.1, 0.15) is 68.5 Å². The number of anilines is 1. The number of ether oxygens (including phenoxy) is 1. The number of carbonyl (C=O) groups excluding carboxylic acids is 1. The van der Waals surface area contributed by atoms with Crippen LogP contribution in [0, 0.1) is 18.6 Å². The Morgan fingerprint density at radius 1 is 1.00 bits per heavy atom. The van der Waals surface area contributed by atoms with Crippen LogP contribution in [-0.4, -0.2) is 38.5 Å². The average Bonchev–Trinajstić information content (AvgIpc) is 3.49. The minimum atomic E-state index is -0.965. The summed E-state index contributed by atoms with van der Waals surface area (Å²) in [5, 5.41) is 4.40. The van der Waals surface area contributed by atoms with Crippen LogP contribution in [0.4, 0.5) is 14.5 Å². The average molecular weight is 534 g/mol. The van der Waals surface area contributed by atoms with Crippen LogP contribution in [0.3, 0.4) is 0 Å². The highest BCUT2D eigenvalue weighted by atomic mass is 19.2. The lowest BCUT2D eigenvalue weighted by Crippen LogP contribution is -2.40. The van der Waals surface area contributed by atoms with Crippen molar-refractivity contribution in [1.29, 1.82) is 0 Å². The van der Waals surface area contributed by atoms with Crippen LogP contribution in [-0.2, 0) is 16.6 Å². The van der Waals surface area contributed by atoms with Gasteiger partial charge in [0.1, 0.15) is 5.82 Å². The van der Waals surface area contributed by atoms with Gasteiger partial charge in [-0.25, -0.2) is 13.8 Å². The smallest absolute Gasteiger partial charge is 0.227 e. The summed E-state index contributed by atoms with van der Waals surface area (Å²) in [5.41, 5.74) is 5.37. The van der Waals surface area contributed by atoms with Crippen molar-refractivity contribution < 1.29 is 18.3 Å². The van der Waals surface area contributed by atoms with Crippen LogP contribution in [0.5, 0.6) is 0 Å². The number of fused-ring (bicyclic) bond motifs is 1. The fourth-order valence-corrected chi connectivity index (χ4v) is 6.30. The van der Waals surface area contributed by atoms with E-state index in [4.69, 9.17) is 9.72 Å². The summed E-state index contributed by atoms with van der Waals surface area (Å²) >= 11 is 0. The lowest BCUT2D eigenvalue weighted by molar-refractivity contribution is -0.120. The first-order valence-corrected chi connectivity index (χ1v) is 13.7. The van der Waals surface area contributed by atoms with E-state index in [9.17, 15) is 13.6 Å². The van der Waals surface area contributed by atoms with Gasteiger partial charge < -0.3 is 14.2 Å². The Labute approximate surface area is 226 Å². The predicted molar refractivity (Wildman–Crippen MR) is 145 cm³/mol. The first kappa shape index (κ1) is 25.7. The molecule has 0 radical (unpaired) electrons. The molecule has 3 heterocycles.